The fraction of sp³-hybridized carbons (Fsp3) is 0.474. The molecule has 0 saturated carbocycles. The lowest BCUT2D eigenvalue weighted by molar-refractivity contribution is 0.238. The van der Waals surface area contributed by atoms with Crippen LogP contribution in [0.5, 0.6) is 5.75 Å². The molecule has 0 saturated heterocycles. The van der Waals surface area contributed by atoms with Gasteiger partial charge in [-0.15, -0.1) is 0 Å². The van der Waals surface area contributed by atoms with Gasteiger partial charge in [0.15, 0.2) is 0 Å². The first-order valence-electron chi connectivity index (χ1n) is 7.70. The number of hydrogen-bond donors (Lipinski definition) is 1. The van der Waals surface area contributed by atoms with E-state index < -0.39 is 0 Å². The number of nitrogens with one attached hydrogen (secondary N) is 1. The van der Waals surface area contributed by atoms with Crippen molar-refractivity contribution >= 4 is 10.8 Å². The fourth-order valence-corrected chi connectivity index (χ4v) is 2.24. The Kier molecular flexibility index (Phi) is 4.89. The monoisotopic (exact) mass is 285 g/mol. The summed E-state index contributed by atoms with van der Waals surface area (Å²) < 4.78 is 5.26. The molecule has 2 nitrogen and oxygen atoms in total. The van der Waals surface area contributed by atoms with Gasteiger partial charge in [0.2, 0.25) is 0 Å². The minimum absolute atomic E-state index is 0.324. The maximum Gasteiger partial charge on any atom is 0.119 e. The SMILES string of the molecule is COc1ccc2cc(CNCC(C)(C)C(C)C)ccc2c1. The molecule has 0 aliphatic rings. The van der Waals surface area contributed by atoms with Crippen LogP contribution in [-0.4, -0.2) is 13.7 Å². The summed E-state index contributed by atoms with van der Waals surface area (Å²) in [5.74, 6) is 1.58. The van der Waals surface area contributed by atoms with E-state index in [1.807, 2.05) is 6.07 Å². The Labute approximate surface area is 128 Å². The van der Waals surface area contributed by atoms with Crippen LogP contribution in [0.4, 0.5) is 0 Å². The fourth-order valence-electron chi connectivity index (χ4n) is 2.24. The van der Waals surface area contributed by atoms with E-state index in [4.69, 9.17) is 4.74 Å². The van der Waals surface area contributed by atoms with Gasteiger partial charge in [0.25, 0.3) is 0 Å². The number of ether oxygens (including phenoxy) is 1. The molecule has 2 heteroatoms. The van der Waals surface area contributed by atoms with Crippen LogP contribution < -0.4 is 10.1 Å². The zero-order chi connectivity index (χ0) is 15.5. The third-order valence-corrected chi connectivity index (χ3v) is 4.58. The molecule has 0 aromatic heterocycles. The summed E-state index contributed by atoms with van der Waals surface area (Å²) in [6.45, 7) is 11.1. The molecule has 0 amide bonds. The van der Waals surface area contributed by atoms with Crippen molar-refractivity contribution in [3.8, 4) is 5.75 Å². The molecule has 0 atom stereocenters. The third-order valence-electron chi connectivity index (χ3n) is 4.58. The molecule has 0 heterocycles. The van der Waals surface area contributed by atoms with Crippen molar-refractivity contribution in [1.29, 1.82) is 0 Å². The van der Waals surface area contributed by atoms with Gasteiger partial charge < -0.3 is 10.1 Å². The van der Waals surface area contributed by atoms with Crippen molar-refractivity contribution < 1.29 is 4.74 Å². The predicted molar refractivity (Wildman–Crippen MR) is 90.8 cm³/mol. The van der Waals surface area contributed by atoms with Crippen LogP contribution in [0.2, 0.25) is 0 Å². The summed E-state index contributed by atoms with van der Waals surface area (Å²) in [5.41, 5.74) is 1.65. The van der Waals surface area contributed by atoms with E-state index in [0.29, 0.717) is 11.3 Å². The summed E-state index contributed by atoms with van der Waals surface area (Å²) in [6, 6.07) is 12.8. The Morgan fingerprint density at radius 1 is 1.05 bits per heavy atom. The molecule has 0 aliphatic heterocycles. The summed E-state index contributed by atoms with van der Waals surface area (Å²) in [5, 5.41) is 6.07. The molecule has 2 aromatic carbocycles. The summed E-state index contributed by atoms with van der Waals surface area (Å²) in [6.07, 6.45) is 0. The maximum atomic E-state index is 5.26. The molecule has 2 aromatic rings. The summed E-state index contributed by atoms with van der Waals surface area (Å²) in [7, 11) is 1.70. The number of fused-ring (bicyclic) bond motifs is 1. The number of hydrogen-bond acceptors (Lipinski definition) is 2. The van der Waals surface area contributed by atoms with Crippen LogP contribution in [0.1, 0.15) is 33.3 Å². The van der Waals surface area contributed by atoms with Gasteiger partial charge in [-0.2, -0.15) is 0 Å². The van der Waals surface area contributed by atoms with Gasteiger partial charge in [-0.1, -0.05) is 45.9 Å². The zero-order valence-electron chi connectivity index (χ0n) is 13.9. The number of benzene rings is 2. The molecule has 0 spiro atoms. The van der Waals surface area contributed by atoms with Crippen LogP contribution in [0.3, 0.4) is 0 Å². The Hall–Kier alpha value is -1.54. The molecule has 0 aliphatic carbocycles. The molecule has 1 N–H and O–H groups in total. The first-order chi connectivity index (χ1) is 9.92. The second kappa shape index (κ2) is 6.48. The van der Waals surface area contributed by atoms with Crippen LogP contribution in [0.15, 0.2) is 36.4 Å². The Morgan fingerprint density at radius 2 is 1.71 bits per heavy atom. The Bertz CT molecular complexity index is 602. The van der Waals surface area contributed by atoms with E-state index in [1.165, 1.54) is 16.3 Å². The van der Waals surface area contributed by atoms with E-state index in [2.05, 4.69) is 63.3 Å². The van der Waals surface area contributed by atoms with Crippen molar-refractivity contribution in [2.75, 3.05) is 13.7 Å². The van der Waals surface area contributed by atoms with Crippen LogP contribution in [-0.2, 0) is 6.54 Å². The Morgan fingerprint density at radius 3 is 2.38 bits per heavy atom. The van der Waals surface area contributed by atoms with Crippen LogP contribution in [0.25, 0.3) is 10.8 Å². The van der Waals surface area contributed by atoms with Crippen molar-refractivity contribution in [2.24, 2.45) is 11.3 Å². The highest BCUT2D eigenvalue weighted by molar-refractivity contribution is 5.84. The second-order valence-electron chi connectivity index (χ2n) is 6.79. The molecule has 114 valence electrons. The highest BCUT2D eigenvalue weighted by Gasteiger charge is 2.21. The summed E-state index contributed by atoms with van der Waals surface area (Å²) in [4.78, 5) is 0. The van der Waals surface area contributed by atoms with Gasteiger partial charge in [-0.05, 0) is 45.9 Å². The van der Waals surface area contributed by atoms with Gasteiger partial charge >= 0.3 is 0 Å². The maximum absolute atomic E-state index is 5.26. The second-order valence-corrected chi connectivity index (χ2v) is 6.79. The molecule has 2 rings (SSSR count). The average Bonchev–Trinajstić information content (AvgIpc) is 2.46. The summed E-state index contributed by atoms with van der Waals surface area (Å²) >= 11 is 0. The highest BCUT2D eigenvalue weighted by Crippen LogP contribution is 2.25. The normalized spacial score (nSPS) is 12.1. The van der Waals surface area contributed by atoms with Gasteiger partial charge in [0, 0.05) is 13.1 Å². The molecule has 21 heavy (non-hydrogen) atoms. The third kappa shape index (κ3) is 3.98. The molecule has 0 fully saturated rings. The Balaban J connectivity index is 2.03. The van der Waals surface area contributed by atoms with Crippen molar-refractivity contribution in [2.45, 2.75) is 34.2 Å². The minimum Gasteiger partial charge on any atom is -0.497 e. The lowest BCUT2D eigenvalue weighted by Crippen LogP contribution is -2.33. The number of methoxy groups -OCH3 is 1. The van der Waals surface area contributed by atoms with Gasteiger partial charge in [-0.3, -0.25) is 0 Å². The van der Waals surface area contributed by atoms with Crippen LogP contribution in [0, 0.1) is 11.3 Å². The topological polar surface area (TPSA) is 21.3 Å². The van der Waals surface area contributed by atoms with Gasteiger partial charge in [-0.25, -0.2) is 0 Å². The van der Waals surface area contributed by atoms with Crippen molar-refractivity contribution in [3.63, 3.8) is 0 Å². The van der Waals surface area contributed by atoms with Gasteiger partial charge in [0.1, 0.15) is 5.75 Å². The van der Waals surface area contributed by atoms with E-state index in [-0.39, 0.29) is 0 Å². The van der Waals surface area contributed by atoms with E-state index in [0.717, 1.165) is 18.8 Å². The van der Waals surface area contributed by atoms with E-state index in [9.17, 15) is 0 Å². The van der Waals surface area contributed by atoms with E-state index >= 15 is 0 Å². The highest BCUT2D eigenvalue weighted by atomic mass is 16.5. The largest absolute Gasteiger partial charge is 0.497 e. The molecule has 0 unspecified atom stereocenters. The smallest absolute Gasteiger partial charge is 0.119 e. The molecular weight excluding hydrogens is 258 g/mol. The quantitative estimate of drug-likeness (QED) is 0.836. The first kappa shape index (κ1) is 15.8. The molecular formula is C19H27NO. The minimum atomic E-state index is 0.324. The van der Waals surface area contributed by atoms with Crippen molar-refractivity contribution in [3.05, 3.63) is 42.0 Å². The first-order valence-corrected chi connectivity index (χ1v) is 7.70. The zero-order valence-corrected chi connectivity index (χ0v) is 13.9. The standard InChI is InChI=1S/C19H27NO/c1-14(2)19(3,4)13-20-12-15-6-7-17-11-18(21-5)9-8-16(17)10-15/h6-11,14,20H,12-13H2,1-5H3. The van der Waals surface area contributed by atoms with Gasteiger partial charge in [0.05, 0.1) is 7.11 Å². The van der Waals surface area contributed by atoms with Crippen molar-refractivity contribution in [1.82, 2.24) is 5.32 Å². The van der Waals surface area contributed by atoms with Crippen LogP contribution >= 0.6 is 0 Å². The molecule has 0 radical (unpaired) electrons. The average molecular weight is 285 g/mol. The number of rotatable bonds is 6. The lowest BCUT2D eigenvalue weighted by atomic mass is 9.81. The molecule has 0 bridgehead atoms. The lowest BCUT2D eigenvalue weighted by Gasteiger charge is -2.29. The predicted octanol–water partition coefficient (Wildman–Crippen LogP) is 4.62. The van der Waals surface area contributed by atoms with E-state index in [1.54, 1.807) is 7.11 Å².